The van der Waals surface area contributed by atoms with Crippen molar-refractivity contribution < 1.29 is 4.74 Å². The average molecular weight is 215 g/mol. The van der Waals surface area contributed by atoms with Gasteiger partial charge < -0.3 is 15.0 Å². The van der Waals surface area contributed by atoms with Crippen molar-refractivity contribution in [2.45, 2.75) is 18.6 Å². The highest BCUT2D eigenvalue weighted by molar-refractivity contribution is 4.85. The topological polar surface area (TPSA) is 27.7 Å². The highest BCUT2D eigenvalue weighted by Crippen LogP contribution is 2.12. The SMILES string of the molecule is CNC1CCN(CCN(C)C)CC1OC. The molecular weight excluding hydrogens is 190 g/mol. The van der Waals surface area contributed by atoms with Gasteiger partial charge in [-0.25, -0.2) is 0 Å². The number of likely N-dealkylation sites (tertiary alicyclic amines) is 1. The molecule has 0 aromatic carbocycles. The lowest BCUT2D eigenvalue weighted by molar-refractivity contribution is 0.00662. The Hall–Kier alpha value is -0.160. The molecule has 0 aliphatic carbocycles. The van der Waals surface area contributed by atoms with E-state index in [1.807, 2.05) is 14.2 Å². The van der Waals surface area contributed by atoms with E-state index in [1.165, 1.54) is 13.0 Å². The molecule has 1 aliphatic rings. The lowest BCUT2D eigenvalue weighted by Gasteiger charge is -2.38. The Labute approximate surface area is 93.6 Å². The van der Waals surface area contributed by atoms with E-state index < -0.39 is 0 Å². The highest BCUT2D eigenvalue weighted by atomic mass is 16.5. The van der Waals surface area contributed by atoms with Crippen LogP contribution in [-0.4, -0.2) is 76.4 Å². The molecule has 0 aromatic rings. The van der Waals surface area contributed by atoms with Crippen LogP contribution in [0.15, 0.2) is 0 Å². The molecule has 4 nitrogen and oxygen atoms in total. The van der Waals surface area contributed by atoms with Crippen molar-refractivity contribution in [1.82, 2.24) is 15.1 Å². The summed E-state index contributed by atoms with van der Waals surface area (Å²) in [6.45, 7) is 4.50. The van der Waals surface area contributed by atoms with Crippen LogP contribution in [0.4, 0.5) is 0 Å². The molecule has 0 spiro atoms. The summed E-state index contributed by atoms with van der Waals surface area (Å²) in [4.78, 5) is 4.72. The molecule has 0 aromatic heterocycles. The predicted octanol–water partition coefficient (Wildman–Crippen LogP) is -0.143. The Balaban J connectivity index is 2.32. The first-order valence-electron chi connectivity index (χ1n) is 5.74. The van der Waals surface area contributed by atoms with Crippen molar-refractivity contribution in [3.8, 4) is 0 Å². The second-order valence-corrected chi connectivity index (χ2v) is 4.56. The Morgan fingerprint density at radius 1 is 1.47 bits per heavy atom. The number of hydrogen-bond acceptors (Lipinski definition) is 4. The summed E-state index contributed by atoms with van der Waals surface area (Å²) in [6, 6.07) is 0.519. The maximum absolute atomic E-state index is 5.51. The molecule has 0 bridgehead atoms. The molecule has 0 radical (unpaired) electrons. The summed E-state index contributed by atoms with van der Waals surface area (Å²) in [5, 5.41) is 3.33. The number of rotatable bonds is 5. The third-order valence-electron chi connectivity index (χ3n) is 3.18. The fourth-order valence-corrected chi connectivity index (χ4v) is 2.09. The van der Waals surface area contributed by atoms with E-state index in [-0.39, 0.29) is 0 Å². The van der Waals surface area contributed by atoms with Crippen LogP contribution in [0.25, 0.3) is 0 Å². The summed E-state index contributed by atoms with van der Waals surface area (Å²) in [5.74, 6) is 0. The van der Waals surface area contributed by atoms with E-state index in [2.05, 4.69) is 29.2 Å². The van der Waals surface area contributed by atoms with Gasteiger partial charge in [0.2, 0.25) is 0 Å². The summed E-state index contributed by atoms with van der Waals surface area (Å²) < 4.78 is 5.51. The smallest absolute Gasteiger partial charge is 0.0851 e. The highest BCUT2D eigenvalue weighted by Gasteiger charge is 2.27. The summed E-state index contributed by atoms with van der Waals surface area (Å²) in [6.07, 6.45) is 1.52. The molecule has 1 rings (SSSR count). The first-order valence-corrected chi connectivity index (χ1v) is 5.74. The lowest BCUT2D eigenvalue weighted by Crippen LogP contribution is -2.53. The number of likely N-dealkylation sites (N-methyl/N-ethyl adjacent to an activating group) is 2. The third kappa shape index (κ3) is 4.07. The van der Waals surface area contributed by atoms with Crippen molar-refractivity contribution >= 4 is 0 Å². The summed E-state index contributed by atoms with van der Waals surface area (Å²) in [5.41, 5.74) is 0. The van der Waals surface area contributed by atoms with Crippen LogP contribution in [0, 0.1) is 0 Å². The van der Waals surface area contributed by atoms with Crippen LogP contribution in [0.1, 0.15) is 6.42 Å². The van der Waals surface area contributed by atoms with Crippen LogP contribution < -0.4 is 5.32 Å². The first-order chi connectivity index (χ1) is 7.17. The molecule has 1 aliphatic heterocycles. The normalized spacial score (nSPS) is 28.6. The number of ether oxygens (including phenoxy) is 1. The van der Waals surface area contributed by atoms with Gasteiger partial charge in [-0.2, -0.15) is 0 Å². The molecule has 1 heterocycles. The molecular formula is C11H25N3O. The van der Waals surface area contributed by atoms with Crippen LogP contribution in [0.2, 0.25) is 0 Å². The fraction of sp³-hybridized carbons (Fsp3) is 1.00. The van der Waals surface area contributed by atoms with E-state index in [4.69, 9.17) is 4.74 Å². The second kappa shape index (κ2) is 6.43. The van der Waals surface area contributed by atoms with Crippen LogP contribution in [-0.2, 0) is 4.74 Å². The monoisotopic (exact) mass is 215 g/mol. The predicted molar refractivity (Wildman–Crippen MR) is 63.3 cm³/mol. The number of methoxy groups -OCH3 is 1. The molecule has 4 heteroatoms. The van der Waals surface area contributed by atoms with Gasteiger partial charge in [0, 0.05) is 32.8 Å². The Kier molecular flexibility index (Phi) is 5.53. The number of piperidine rings is 1. The van der Waals surface area contributed by atoms with Crippen molar-refractivity contribution in [3.05, 3.63) is 0 Å². The summed E-state index contributed by atoms with van der Waals surface area (Å²) >= 11 is 0. The number of nitrogens with zero attached hydrogens (tertiary/aromatic N) is 2. The van der Waals surface area contributed by atoms with E-state index in [0.29, 0.717) is 12.1 Å². The summed E-state index contributed by atoms with van der Waals surface area (Å²) in [7, 11) is 8.07. The largest absolute Gasteiger partial charge is 0.378 e. The minimum Gasteiger partial charge on any atom is -0.378 e. The molecule has 2 unspecified atom stereocenters. The molecule has 1 saturated heterocycles. The van der Waals surface area contributed by atoms with Crippen LogP contribution in [0.5, 0.6) is 0 Å². The maximum atomic E-state index is 5.51. The maximum Gasteiger partial charge on any atom is 0.0851 e. The zero-order chi connectivity index (χ0) is 11.3. The molecule has 1 fully saturated rings. The van der Waals surface area contributed by atoms with Gasteiger partial charge in [-0.15, -0.1) is 0 Å². The van der Waals surface area contributed by atoms with Crippen LogP contribution >= 0.6 is 0 Å². The molecule has 0 amide bonds. The zero-order valence-electron chi connectivity index (χ0n) is 10.5. The van der Waals surface area contributed by atoms with E-state index in [9.17, 15) is 0 Å². The molecule has 15 heavy (non-hydrogen) atoms. The van der Waals surface area contributed by atoms with Crippen molar-refractivity contribution in [2.75, 3.05) is 54.4 Å². The van der Waals surface area contributed by atoms with Gasteiger partial charge in [0.1, 0.15) is 0 Å². The third-order valence-corrected chi connectivity index (χ3v) is 3.18. The van der Waals surface area contributed by atoms with Crippen molar-refractivity contribution in [2.24, 2.45) is 0 Å². The van der Waals surface area contributed by atoms with Gasteiger partial charge >= 0.3 is 0 Å². The van der Waals surface area contributed by atoms with Crippen molar-refractivity contribution in [3.63, 3.8) is 0 Å². The average Bonchev–Trinajstić information content (AvgIpc) is 2.25. The minimum atomic E-state index is 0.339. The molecule has 90 valence electrons. The van der Waals surface area contributed by atoms with E-state index in [0.717, 1.165) is 19.6 Å². The van der Waals surface area contributed by atoms with Gasteiger partial charge in [-0.05, 0) is 34.1 Å². The number of nitrogens with one attached hydrogen (secondary N) is 1. The second-order valence-electron chi connectivity index (χ2n) is 4.56. The van der Waals surface area contributed by atoms with Gasteiger partial charge in [0.05, 0.1) is 6.10 Å². The minimum absolute atomic E-state index is 0.339. The van der Waals surface area contributed by atoms with Gasteiger partial charge in [0.15, 0.2) is 0 Å². The standard InChI is InChI=1S/C11H25N3O/c1-12-10-5-6-14(8-7-13(2)3)9-11(10)15-4/h10-12H,5-9H2,1-4H3. The van der Waals surface area contributed by atoms with Gasteiger partial charge in [-0.3, -0.25) is 4.90 Å². The lowest BCUT2D eigenvalue weighted by atomic mass is 10.0. The Morgan fingerprint density at radius 2 is 2.20 bits per heavy atom. The Morgan fingerprint density at radius 3 is 2.73 bits per heavy atom. The van der Waals surface area contributed by atoms with Gasteiger partial charge in [-0.1, -0.05) is 0 Å². The first kappa shape index (κ1) is 12.9. The van der Waals surface area contributed by atoms with E-state index in [1.54, 1.807) is 0 Å². The van der Waals surface area contributed by atoms with Crippen molar-refractivity contribution in [1.29, 1.82) is 0 Å². The Bertz CT molecular complexity index is 175. The molecule has 1 N–H and O–H groups in total. The molecule has 2 atom stereocenters. The quantitative estimate of drug-likeness (QED) is 0.691. The number of hydrogen-bond donors (Lipinski definition) is 1. The molecule has 0 saturated carbocycles. The van der Waals surface area contributed by atoms with E-state index >= 15 is 0 Å². The zero-order valence-corrected chi connectivity index (χ0v) is 10.5. The van der Waals surface area contributed by atoms with Crippen LogP contribution in [0.3, 0.4) is 0 Å². The van der Waals surface area contributed by atoms with Gasteiger partial charge in [0.25, 0.3) is 0 Å². The fourth-order valence-electron chi connectivity index (χ4n) is 2.09.